The molecule has 0 saturated carbocycles. The van der Waals surface area contributed by atoms with E-state index in [4.69, 9.17) is 22.1 Å². The molecule has 0 aliphatic rings. The molecule has 1 unspecified atom stereocenters. The number of halogens is 1. The van der Waals surface area contributed by atoms with Crippen LogP contribution in [0.25, 0.3) is 0 Å². The first-order valence-electron chi connectivity index (χ1n) is 7.20. The zero-order valence-corrected chi connectivity index (χ0v) is 14.7. The molecule has 0 radical (unpaired) electrons. The minimum Gasteiger partial charge on any atom is -0.495 e. The van der Waals surface area contributed by atoms with Crippen LogP contribution in [-0.4, -0.2) is 24.9 Å². The maximum absolute atomic E-state index is 6.08. The molecule has 2 rings (SSSR count). The molecule has 0 fully saturated rings. The molecule has 23 heavy (non-hydrogen) atoms. The number of rotatable bonds is 6. The molecule has 3 N–H and O–H groups in total. The summed E-state index contributed by atoms with van der Waals surface area (Å²) in [5.74, 6) is 0.993. The first-order valence-corrected chi connectivity index (χ1v) is 8.46. The number of methoxy groups -OCH3 is 1. The highest BCUT2D eigenvalue weighted by Crippen LogP contribution is 2.27. The van der Waals surface area contributed by atoms with E-state index >= 15 is 0 Å². The number of hydrogen-bond donors (Lipinski definition) is 2. The number of aliphatic imine (C=N–C) groups is 1. The van der Waals surface area contributed by atoms with Crippen molar-refractivity contribution < 1.29 is 4.74 Å². The third kappa shape index (κ3) is 5.69. The van der Waals surface area contributed by atoms with Crippen LogP contribution in [0, 0.1) is 0 Å². The number of nitrogens with two attached hydrogens (primary N) is 1. The van der Waals surface area contributed by atoms with Crippen LogP contribution in [0.3, 0.4) is 0 Å². The van der Waals surface area contributed by atoms with Crippen LogP contribution in [0.15, 0.2) is 58.4 Å². The van der Waals surface area contributed by atoms with E-state index in [0.717, 1.165) is 5.69 Å². The van der Waals surface area contributed by atoms with Gasteiger partial charge in [0.15, 0.2) is 5.96 Å². The lowest BCUT2D eigenvalue weighted by Crippen LogP contribution is -2.23. The summed E-state index contributed by atoms with van der Waals surface area (Å²) >= 11 is 7.85. The van der Waals surface area contributed by atoms with Gasteiger partial charge in [0.25, 0.3) is 0 Å². The number of ether oxygens (including phenoxy) is 1. The lowest BCUT2D eigenvalue weighted by Gasteiger charge is -2.11. The molecule has 0 bridgehead atoms. The zero-order valence-electron chi connectivity index (χ0n) is 13.1. The standard InChI is InChI=1S/C17H20ClN3OS/c1-12(23-14-6-4-3-5-7-14)11-20-17(19)21-13-8-9-16(22-2)15(18)10-13/h3-10,12H,11H2,1-2H3,(H3,19,20,21). The minimum atomic E-state index is 0.331. The smallest absolute Gasteiger partial charge is 0.193 e. The van der Waals surface area contributed by atoms with E-state index in [9.17, 15) is 0 Å². The lowest BCUT2D eigenvalue weighted by molar-refractivity contribution is 0.415. The maximum atomic E-state index is 6.08. The van der Waals surface area contributed by atoms with Crippen LogP contribution in [0.4, 0.5) is 5.69 Å². The highest BCUT2D eigenvalue weighted by molar-refractivity contribution is 8.00. The van der Waals surface area contributed by atoms with E-state index in [1.165, 1.54) is 4.90 Å². The van der Waals surface area contributed by atoms with Crippen LogP contribution in [-0.2, 0) is 0 Å². The summed E-state index contributed by atoms with van der Waals surface area (Å²) < 4.78 is 5.12. The molecular weight excluding hydrogens is 330 g/mol. The van der Waals surface area contributed by atoms with E-state index in [2.05, 4.69) is 29.4 Å². The number of nitrogens with zero attached hydrogens (tertiary/aromatic N) is 1. The lowest BCUT2D eigenvalue weighted by atomic mass is 10.3. The van der Waals surface area contributed by atoms with Gasteiger partial charge in [-0.25, -0.2) is 0 Å². The maximum Gasteiger partial charge on any atom is 0.193 e. The number of hydrogen-bond acceptors (Lipinski definition) is 3. The van der Waals surface area contributed by atoms with Gasteiger partial charge in [0.1, 0.15) is 5.75 Å². The molecule has 2 aromatic carbocycles. The molecule has 0 aromatic heterocycles. The SMILES string of the molecule is COc1ccc(NC(N)=NCC(C)Sc2ccccc2)cc1Cl. The van der Waals surface area contributed by atoms with Crippen LogP contribution >= 0.6 is 23.4 Å². The van der Waals surface area contributed by atoms with Gasteiger partial charge in [0.2, 0.25) is 0 Å². The monoisotopic (exact) mass is 349 g/mol. The average molecular weight is 350 g/mol. The minimum absolute atomic E-state index is 0.331. The van der Waals surface area contributed by atoms with Crippen LogP contribution in [0.1, 0.15) is 6.92 Å². The van der Waals surface area contributed by atoms with Gasteiger partial charge in [-0.05, 0) is 30.3 Å². The van der Waals surface area contributed by atoms with Crippen molar-refractivity contribution in [2.45, 2.75) is 17.1 Å². The van der Waals surface area contributed by atoms with Crippen LogP contribution in [0.5, 0.6) is 5.75 Å². The Kier molecular flexibility index (Phi) is 6.62. The van der Waals surface area contributed by atoms with Gasteiger partial charge < -0.3 is 15.8 Å². The van der Waals surface area contributed by atoms with Crippen LogP contribution in [0.2, 0.25) is 5.02 Å². The Morgan fingerprint density at radius 3 is 2.70 bits per heavy atom. The van der Waals surface area contributed by atoms with Crippen molar-refractivity contribution in [3.8, 4) is 5.75 Å². The predicted molar refractivity (Wildman–Crippen MR) is 99.9 cm³/mol. The largest absolute Gasteiger partial charge is 0.495 e. The highest BCUT2D eigenvalue weighted by atomic mass is 35.5. The first-order chi connectivity index (χ1) is 11.1. The van der Waals surface area contributed by atoms with Crippen LogP contribution < -0.4 is 15.8 Å². The molecule has 4 nitrogen and oxygen atoms in total. The summed E-state index contributed by atoms with van der Waals surface area (Å²) in [5.41, 5.74) is 6.70. The molecule has 1 atom stereocenters. The zero-order chi connectivity index (χ0) is 16.7. The van der Waals surface area contributed by atoms with Crippen molar-refractivity contribution in [3.05, 3.63) is 53.6 Å². The molecule has 0 saturated heterocycles. The van der Waals surface area contributed by atoms with Crippen molar-refractivity contribution in [3.63, 3.8) is 0 Å². The molecular formula is C17H20ClN3OS. The molecule has 0 spiro atoms. The predicted octanol–water partition coefficient (Wildman–Crippen LogP) is 4.26. The summed E-state index contributed by atoms with van der Waals surface area (Å²) in [4.78, 5) is 5.60. The van der Waals surface area contributed by atoms with Crippen molar-refractivity contribution in [2.75, 3.05) is 19.0 Å². The fourth-order valence-corrected chi connectivity index (χ4v) is 3.11. The van der Waals surface area contributed by atoms with Gasteiger partial charge in [-0.15, -0.1) is 11.8 Å². The van der Waals surface area contributed by atoms with Gasteiger partial charge in [-0.3, -0.25) is 4.99 Å². The highest BCUT2D eigenvalue weighted by Gasteiger charge is 2.05. The topological polar surface area (TPSA) is 59.6 Å². The van der Waals surface area contributed by atoms with Gasteiger partial charge in [-0.1, -0.05) is 36.7 Å². The fourth-order valence-electron chi connectivity index (χ4n) is 1.93. The third-order valence-corrected chi connectivity index (χ3v) is 4.41. The van der Waals surface area contributed by atoms with E-state index in [0.29, 0.717) is 28.5 Å². The number of anilines is 1. The van der Waals surface area contributed by atoms with Crippen molar-refractivity contribution in [1.29, 1.82) is 0 Å². The summed E-state index contributed by atoms with van der Waals surface area (Å²) in [6, 6.07) is 15.6. The quantitative estimate of drug-likeness (QED) is 0.465. The molecule has 0 aliphatic heterocycles. The number of nitrogens with one attached hydrogen (secondary N) is 1. The summed E-state index contributed by atoms with van der Waals surface area (Å²) in [5, 5.41) is 3.89. The second-order valence-corrected chi connectivity index (χ2v) is 6.86. The van der Waals surface area contributed by atoms with Crippen molar-refractivity contribution >= 4 is 35.0 Å². The second-order valence-electron chi connectivity index (χ2n) is 4.94. The van der Waals surface area contributed by atoms with Crippen molar-refractivity contribution in [2.24, 2.45) is 10.7 Å². The Hall–Kier alpha value is -1.85. The van der Waals surface area contributed by atoms with Gasteiger partial charge >= 0.3 is 0 Å². The van der Waals surface area contributed by atoms with E-state index in [1.54, 1.807) is 31.0 Å². The number of benzene rings is 2. The van der Waals surface area contributed by atoms with E-state index < -0.39 is 0 Å². The molecule has 6 heteroatoms. The molecule has 0 aliphatic carbocycles. The fraction of sp³-hybridized carbons (Fsp3) is 0.235. The molecule has 122 valence electrons. The number of thioether (sulfide) groups is 1. The van der Waals surface area contributed by atoms with Gasteiger partial charge in [0, 0.05) is 15.8 Å². The average Bonchev–Trinajstić information content (AvgIpc) is 2.54. The molecule has 2 aromatic rings. The Morgan fingerprint density at radius 1 is 1.30 bits per heavy atom. The Morgan fingerprint density at radius 2 is 2.04 bits per heavy atom. The summed E-state index contributed by atoms with van der Waals surface area (Å²) in [6.45, 7) is 2.75. The van der Waals surface area contributed by atoms with Crippen molar-refractivity contribution in [1.82, 2.24) is 0 Å². The normalized spacial score (nSPS) is 12.7. The first kappa shape index (κ1) is 17.5. The third-order valence-electron chi connectivity index (χ3n) is 3.02. The Bertz CT molecular complexity index is 664. The van der Waals surface area contributed by atoms with Gasteiger partial charge in [-0.2, -0.15) is 0 Å². The summed E-state index contributed by atoms with van der Waals surface area (Å²) in [7, 11) is 1.58. The molecule has 0 heterocycles. The Balaban J connectivity index is 1.88. The number of guanidine groups is 1. The van der Waals surface area contributed by atoms with E-state index in [-0.39, 0.29) is 0 Å². The van der Waals surface area contributed by atoms with Gasteiger partial charge in [0.05, 0.1) is 18.7 Å². The second kappa shape index (κ2) is 8.70. The summed E-state index contributed by atoms with van der Waals surface area (Å²) in [6.07, 6.45) is 0. The van der Waals surface area contributed by atoms with E-state index in [1.807, 2.05) is 24.3 Å². The molecule has 0 amide bonds. The Labute approximate surface area is 146 Å².